The van der Waals surface area contributed by atoms with Crippen LogP contribution >= 0.6 is 0 Å². The molecule has 0 aliphatic heterocycles. The maximum atomic E-state index is 12.7. The van der Waals surface area contributed by atoms with Gasteiger partial charge in [0.25, 0.3) is 0 Å². The molecule has 0 aromatic heterocycles. The molecule has 1 aromatic rings. The Morgan fingerprint density at radius 3 is 2.63 bits per heavy atom. The van der Waals surface area contributed by atoms with E-state index in [0.29, 0.717) is 23.5 Å². The Morgan fingerprint density at radius 1 is 1.16 bits per heavy atom. The van der Waals surface area contributed by atoms with Crippen LogP contribution in [0.4, 0.5) is 0 Å². The molecule has 0 spiro atoms. The molecule has 2 saturated carbocycles. The minimum Gasteiger partial charge on any atom is -0.299 e. The molecule has 0 saturated heterocycles. The van der Waals surface area contributed by atoms with E-state index in [1.807, 2.05) is 0 Å². The van der Waals surface area contributed by atoms with Gasteiger partial charge >= 0.3 is 0 Å². The number of ketones is 1. The summed E-state index contributed by atoms with van der Waals surface area (Å²) in [5.74, 6) is 2.18. The highest BCUT2D eigenvalue weighted by Gasteiger charge is 2.51. The van der Waals surface area contributed by atoms with Gasteiger partial charge in [0, 0.05) is 11.3 Å². The second kappa shape index (κ2) is 4.77. The van der Waals surface area contributed by atoms with Crippen molar-refractivity contribution < 1.29 is 4.79 Å². The largest absolute Gasteiger partial charge is 0.299 e. The number of Topliss-reactive ketones (excluding diaryl/α,β-unsaturated/α-hetero) is 1. The van der Waals surface area contributed by atoms with Gasteiger partial charge in [0.15, 0.2) is 0 Å². The molecule has 0 N–H and O–H groups in total. The SMILES string of the molecule is CC1(C)C(=O)C(CCc2ccccc2)C2CCC1C2. The Morgan fingerprint density at radius 2 is 1.89 bits per heavy atom. The first kappa shape index (κ1) is 12.9. The van der Waals surface area contributed by atoms with Crippen molar-refractivity contribution in [2.75, 3.05) is 0 Å². The molecule has 102 valence electrons. The minimum absolute atomic E-state index is 0.0750. The third-order valence-electron chi connectivity index (χ3n) is 5.62. The molecule has 3 rings (SSSR count). The molecule has 2 aliphatic carbocycles. The zero-order chi connectivity index (χ0) is 13.5. The molecule has 0 radical (unpaired) electrons. The normalized spacial score (nSPS) is 32.5. The van der Waals surface area contributed by atoms with E-state index in [1.54, 1.807) is 0 Å². The summed E-state index contributed by atoms with van der Waals surface area (Å²) in [5.41, 5.74) is 1.29. The zero-order valence-corrected chi connectivity index (χ0v) is 12.1. The lowest BCUT2D eigenvalue weighted by Gasteiger charge is -2.39. The summed E-state index contributed by atoms with van der Waals surface area (Å²) >= 11 is 0. The fraction of sp³-hybridized carbons (Fsp3) is 0.611. The number of hydrogen-bond acceptors (Lipinski definition) is 1. The molecule has 19 heavy (non-hydrogen) atoms. The fourth-order valence-corrected chi connectivity index (χ4v) is 4.26. The van der Waals surface area contributed by atoms with Crippen molar-refractivity contribution in [1.82, 2.24) is 0 Å². The molecular formula is C18H24O. The summed E-state index contributed by atoms with van der Waals surface area (Å²) in [6.07, 6.45) is 5.93. The summed E-state index contributed by atoms with van der Waals surface area (Å²) in [4.78, 5) is 12.7. The second-order valence-electron chi connectivity index (χ2n) is 6.99. The summed E-state index contributed by atoms with van der Waals surface area (Å²) in [7, 11) is 0. The van der Waals surface area contributed by atoms with E-state index in [9.17, 15) is 4.79 Å². The first-order valence-electron chi connectivity index (χ1n) is 7.67. The number of benzene rings is 1. The standard InChI is InChI=1S/C18H24O/c1-18(2)15-10-9-14(12-15)16(17(18)19)11-8-13-6-4-3-5-7-13/h3-7,14-16H,8-12H2,1-2H3. The Labute approximate surface area is 116 Å². The monoisotopic (exact) mass is 256 g/mol. The van der Waals surface area contributed by atoms with Crippen LogP contribution in [0.25, 0.3) is 0 Å². The van der Waals surface area contributed by atoms with Crippen molar-refractivity contribution >= 4 is 5.78 Å². The molecule has 1 nitrogen and oxygen atoms in total. The Kier molecular flexibility index (Phi) is 3.24. The number of hydrogen-bond donors (Lipinski definition) is 0. The second-order valence-corrected chi connectivity index (χ2v) is 6.99. The van der Waals surface area contributed by atoms with Gasteiger partial charge in [-0.15, -0.1) is 0 Å². The quantitative estimate of drug-likeness (QED) is 0.789. The Hall–Kier alpha value is -1.11. The first-order chi connectivity index (χ1) is 9.09. The lowest BCUT2D eigenvalue weighted by Crippen LogP contribution is -2.42. The predicted molar refractivity (Wildman–Crippen MR) is 77.9 cm³/mol. The maximum Gasteiger partial charge on any atom is 0.142 e. The van der Waals surface area contributed by atoms with E-state index in [0.717, 1.165) is 12.8 Å². The molecule has 2 aliphatic rings. The van der Waals surface area contributed by atoms with Crippen LogP contribution in [0.1, 0.15) is 45.1 Å². The van der Waals surface area contributed by atoms with Crippen molar-refractivity contribution in [2.24, 2.45) is 23.2 Å². The van der Waals surface area contributed by atoms with E-state index >= 15 is 0 Å². The van der Waals surface area contributed by atoms with E-state index in [2.05, 4.69) is 44.2 Å². The van der Waals surface area contributed by atoms with Gasteiger partial charge in [-0.2, -0.15) is 0 Å². The lowest BCUT2D eigenvalue weighted by atomic mass is 9.63. The maximum absolute atomic E-state index is 12.7. The van der Waals surface area contributed by atoms with Crippen LogP contribution in [0.5, 0.6) is 0 Å². The van der Waals surface area contributed by atoms with Gasteiger partial charge in [0.05, 0.1) is 0 Å². The molecule has 1 heteroatoms. The number of aryl methyl sites for hydroxylation is 1. The highest BCUT2D eigenvalue weighted by molar-refractivity contribution is 5.88. The average molecular weight is 256 g/mol. The van der Waals surface area contributed by atoms with Gasteiger partial charge in [0.2, 0.25) is 0 Å². The van der Waals surface area contributed by atoms with Gasteiger partial charge < -0.3 is 0 Å². The van der Waals surface area contributed by atoms with Crippen LogP contribution in [0.3, 0.4) is 0 Å². The zero-order valence-electron chi connectivity index (χ0n) is 12.1. The van der Waals surface area contributed by atoms with E-state index in [1.165, 1.54) is 24.8 Å². The van der Waals surface area contributed by atoms with E-state index in [-0.39, 0.29) is 5.41 Å². The van der Waals surface area contributed by atoms with Crippen LogP contribution in [0.2, 0.25) is 0 Å². The van der Waals surface area contributed by atoms with Crippen LogP contribution < -0.4 is 0 Å². The molecule has 0 heterocycles. The van der Waals surface area contributed by atoms with Crippen molar-refractivity contribution in [1.29, 1.82) is 0 Å². The van der Waals surface area contributed by atoms with Crippen LogP contribution in [0.15, 0.2) is 30.3 Å². The van der Waals surface area contributed by atoms with Crippen LogP contribution in [-0.2, 0) is 11.2 Å². The predicted octanol–water partition coefficient (Wildman–Crippen LogP) is 4.26. The van der Waals surface area contributed by atoms with Crippen LogP contribution in [-0.4, -0.2) is 5.78 Å². The van der Waals surface area contributed by atoms with Gasteiger partial charge in [0.1, 0.15) is 5.78 Å². The smallest absolute Gasteiger partial charge is 0.142 e. The molecule has 2 bridgehead atoms. The average Bonchev–Trinajstić information content (AvgIpc) is 2.87. The van der Waals surface area contributed by atoms with Gasteiger partial charge in [-0.05, 0) is 49.5 Å². The third kappa shape index (κ3) is 2.24. The van der Waals surface area contributed by atoms with E-state index < -0.39 is 0 Å². The molecule has 0 amide bonds. The van der Waals surface area contributed by atoms with Gasteiger partial charge in [-0.1, -0.05) is 44.2 Å². The van der Waals surface area contributed by atoms with E-state index in [4.69, 9.17) is 0 Å². The van der Waals surface area contributed by atoms with Crippen LogP contribution in [0, 0.1) is 23.2 Å². The van der Waals surface area contributed by atoms with Crippen molar-refractivity contribution in [3.8, 4) is 0 Å². The molecule has 2 fully saturated rings. The summed E-state index contributed by atoms with van der Waals surface area (Å²) in [6.45, 7) is 4.36. The van der Waals surface area contributed by atoms with Crippen molar-refractivity contribution in [3.05, 3.63) is 35.9 Å². The first-order valence-corrected chi connectivity index (χ1v) is 7.67. The molecular weight excluding hydrogens is 232 g/mol. The van der Waals surface area contributed by atoms with Gasteiger partial charge in [-0.25, -0.2) is 0 Å². The van der Waals surface area contributed by atoms with Crippen molar-refractivity contribution in [2.45, 2.75) is 46.0 Å². The number of rotatable bonds is 3. The van der Waals surface area contributed by atoms with Gasteiger partial charge in [-0.3, -0.25) is 4.79 Å². The number of fused-ring (bicyclic) bond motifs is 2. The molecule has 3 unspecified atom stereocenters. The topological polar surface area (TPSA) is 17.1 Å². The Bertz CT molecular complexity index is 460. The highest BCUT2D eigenvalue weighted by atomic mass is 16.1. The fourth-order valence-electron chi connectivity index (χ4n) is 4.26. The third-order valence-corrected chi connectivity index (χ3v) is 5.62. The highest BCUT2D eigenvalue weighted by Crippen LogP contribution is 2.53. The number of carbonyl (C=O) groups excluding carboxylic acids is 1. The Balaban J connectivity index is 1.72. The molecule has 3 atom stereocenters. The molecule has 1 aromatic carbocycles. The summed E-state index contributed by atoms with van der Waals surface area (Å²) in [6, 6.07) is 10.6. The minimum atomic E-state index is -0.0750. The summed E-state index contributed by atoms with van der Waals surface area (Å²) in [5, 5.41) is 0. The summed E-state index contributed by atoms with van der Waals surface area (Å²) < 4.78 is 0. The van der Waals surface area contributed by atoms with Crippen molar-refractivity contribution in [3.63, 3.8) is 0 Å². The number of carbonyl (C=O) groups is 1. The lowest BCUT2D eigenvalue weighted by molar-refractivity contribution is -0.138.